The number of carbonyl (C=O) groups excluding carboxylic acids is 3. The first-order valence-electron chi connectivity index (χ1n) is 12.7. The van der Waals surface area contributed by atoms with E-state index in [2.05, 4.69) is 10.6 Å². The maximum absolute atomic E-state index is 13.8. The summed E-state index contributed by atoms with van der Waals surface area (Å²) in [7, 11) is 0. The molecule has 1 saturated carbocycles. The van der Waals surface area contributed by atoms with Gasteiger partial charge in [0.15, 0.2) is 0 Å². The van der Waals surface area contributed by atoms with E-state index in [0.29, 0.717) is 6.54 Å². The number of amides is 3. The topological polar surface area (TPSA) is 87.7 Å². The maximum atomic E-state index is 13.8. The van der Waals surface area contributed by atoms with Gasteiger partial charge in [-0.05, 0) is 77.5 Å². The summed E-state index contributed by atoms with van der Waals surface area (Å²) < 4.78 is 5.35. The fraction of sp³-hybridized carbons (Fsp3) is 0.483. The van der Waals surface area contributed by atoms with Crippen LogP contribution in [-0.4, -0.2) is 40.5 Å². The van der Waals surface area contributed by atoms with Crippen molar-refractivity contribution in [3.05, 3.63) is 70.8 Å². The van der Waals surface area contributed by atoms with Crippen LogP contribution in [0.4, 0.5) is 4.79 Å². The molecule has 0 spiro atoms. The van der Waals surface area contributed by atoms with Crippen molar-refractivity contribution in [3.63, 3.8) is 0 Å². The number of alkyl carbamates (subject to hydrolysis) is 1. The molecular weight excluding hydrogens is 454 g/mol. The van der Waals surface area contributed by atoms with Crippen LogP contribution in [0.5, 0.6) is 0 Å². The summed E-state index contributed by atoms with van der Waals surface area (Å²) in [5.74, 6) is -0.541. The van der Waals surface area contributed by atoms with Crippen LogP contribution in [0.3, 0.4) is 0 Å². The second-order valence-electron chi connectivity index (χ2n) is 10.7. The van der Waals surface area contributed by atoms with E-state index in [1.54, 1.807) is 32.6 Å². The van der Waals surface area contributed by atoms with E-state index in [0.717, 1.165) is 41.5 Å². The maximum Gasteiger partial charge on any atom is 0.408 e. The summed E-state index contributed by atoms with van der Waals surface area (Å²) in [6.07, 6.45) is 1.97. The third-order valence-electron chi connectivity index (χ3n) is 6.38. The van der Waals surface area contributed by atoms with Gasteiger partial charge in [0.25, 0.3) is 0 Å². The van der Waals surface area contributed by atoms with E-state index in [4.69, 9.17) is 4.74 Å². The Balaban J connectivity index is 1.92. The molecule has 0 aromatic heterocycles. The second-order valence-corrected chi connectivity index (χ2v) is 10.7. The van der Waals surface area contributed by atoms with Gasteiger partial charge in [-0.15, -0.1) is 0 Å². The first-order chi connectivity index (χ1) is 17.0. The summed E-state index contributed by atoms with van der Waals surface area (Å²) in [6.45, 7) is 11.3. The summed E-state index contributed by atoms with van der Waals surface area (Å²) in [6, 6.07) is 13.9. The van der Waals surface area contributed by atoms with E-state index in [1.165, 1.54) is 0 Å². The molecule has 2 aromatic rings. The Hall–Kier alpha value is -3.35. The van der Waals surface area contributed by atoms with Crippen molar-refractivity contribution in [2.24, 2.45) is 0 Å². The van der Waals surface area contributed by atoms with Crippen LogP contribution in [0, 0.1) is 13.8 Å². The van der Waals surface area contributed by atoms with E-state index >= 15 is 0 Å². The van der Waals surface area contributed by atoms with Crippen LogP contribution < -0.4 is 10.6 Å². The Morgan fingerprint density at radius 3 is 2.28 bits per heavy atom. The van der Waals surface area contributed by atoms with Crippen molar-refractivity contribution in [3.8, 4) is 0 Å². The Labute approximate surface area is 214 Å². The number of ether oxygens (including phenoxy) is 1. The average molecular weight is 494 g/mol. The van der Waals surface area contributed by atoms with Gasteiger partial charge >= 0.3 is 6.09 Å². The van der Waals surface area contributed by atoms with Crippen LogP contribution in [0.25, 0.3) is 0 Å². The number of hydrogen-bond donors (Lipinski definition) is 2. The third kappa shape index (κ3) is 7.09. The Kier molecular flexibility index (Phi) is 8.77. The lowest BCUT2D eigenvalue weighted by atomic mass is 9.87. The lowest BCUT2D eigenvalue weighted by Gasteiger charge is -2.43. The number of nitrogens with one attached hydrogen (secondary N) is 2. The summed E-state index contributed by atoms with van der Waals surface area (Å²) in [5, 5.41) is 5.71. The van der Waals surface area contributed by atoms with Gasteiger partial charge in [0, 0.05) is 12.6 Å². The van der Waals surface area contributed by atoms with Crippen LogP contribution >= 0.6 is 0 Å². The number of carbonyl (C=O) groups is 3. The molecule has 0 bridgehead atoms. The molecule has 0 heterocycles. The van der Waals surface area contributed by atoms with Crippen molar-refractivity contribution in [2.45, 2.75) is 91.1 Å². The Bertz CT molecular complexity index is 1070. The van der Waals surface area contributed by atoms with Gasteiger partial charge in [-0.2, -0.15) is 0 Å². The van der Waals surface area contributed by atoms with Crippen molar-refractivity contribution in [1.82, 2.24) is 15.5 Å². The number of nitrogens with zero attached hydrogens (tertiary/aromatic N) is 1. The summed E-state index contributed by atoms with van der Waals surface area (Å²) in [4.78, 5) is 41.7. The number of aryl methyl sites for hydroxylation is 2. The minimum absolute atomic E-state index is 0.0754. The van der Waals surface area contributed by atoms with Crippen LogP contribution in [0.15, 0.2) is 48.5 Å². The monoisotopic (exact) mass is 493 g/mol. The standard InChI is InChI=1S/C29H39N3O4/c1-19-15-16-24(20(2)17-19)25(26(33)30-18-22-11-8-7-9-12-22)32(23-13-10-14-23)27(34)21(3)31-28(35)36-29(4,5)6/h7-9,11-12,15-17,21,23,25H,10,13-14,18H2,1-6H3,(H,30,33)(H,31,35). The Morgan fingerprint density at radius 1 is 1.06 bits per heavy atom. The lowest BCUT2D eigenvalue weighted by molar-refractivity contribution is -0.147. The highest BCUT2D eigenvalue weighted by Gasteiger charge is 2.41. The molecule has 7 heteroatoms. The van der Waals surface area contributed by atoms with Crippen molar-refractivity contribution >= 4 is 17.9 Å². The zero-order chi connectivity index (χ0) is 26.5. The molecule has 2 aromatic carbocycles. The van der Waals surface area contributed by atoms with Crippen molar-refractivity contribution < 1.29 is 19.1 Å². The fourth-order valence-corrected chi connectivity index (χ4v) is 4.38. The van der Waals surface area contributed by atoms with Crippen LogP contribution in [-0.2, 0) is 20.9 Å². The molecule has 7 nitrogen and oxygen atoms in total. The predicted molar refractivity (Wildman–Crippen MR) is 140 cm³/mol. The van der Waals surface area contributed by atoms with Gasteiger partial charge in [0.2, 0.25) is 11.8 Å². The number of benzene rings is 2. The molecule has 1 fully saturated rings. The molecule has 2 N–H and O–H groups in total. The van der Waals surface area contributed by atoms with E-state index in [1.807, 2.05) is 62.4 Å². The van der Waals surface area contributed by atoms with Crippen LogP contribution in [0.2, 0.25) is 0 Å². The fourth-order valence-electron chi connectivity index (χ4n) is 4.38. The van der Waals surface area contributed by atoms with Gasteiger partial charge in [-0.25, -0.2) is 4.79 Å². The van der Waals surface area contributed by atoms with Gasteiger partial charge in [0.1, 0.15) is 17.7 Å². The van der Waals surface area contributed by atoms with Crippen molar-refractivity contribution in [1.29, 1.82) is 0 Å². The highest BCUT2D eigenvalue weighted by Crippen LogP contribution is 2.35. The Morgan fingerprint density at radius 2 is 1.72 bits per heavy atom. The zero-order valence-corrected chi connectivity index (χ0v) is 22.3. The lowest BCUT2D eigenvalue weighted by Crippen LogP contribution is -2.56. The SMILES string of the molecule is Cc1ccc(C(C(=O)NCc2ccccc2)N(C(=O)C(C)NC(=O)OC(C)(C)C)C2CCC2)c(C)c1. The molecule has 2 unspecified atom stereocenters. The van der Waals surface area contributed by atoms with Gasteiger partial charge in [-0.1, -0.05) is 54.1 Å². The number of rotatable bonds is 8. The molecule has 194 valence electrons. The molecule has 1 aliphatic carbocycles. The number of hydrogen-bond acceptors (Lipinski definition) is 4. The van der Waals surface area contributed by atoms with E-state index in [9.17, 15) is 14.4 Å². The highest BCUT2D eigenvalue weighted by molar-refractivity contribution is 5.92. The summed E-state index contributed by atoms with van der Waals surface area (Å²) >= 11 is 0. The molecule has 2 atom stereocenters. The normalized spacial score (nSPS) is 15.3. The predicted octanol–water partition coefficient (Wildman–Crippen LogP) is 4.96. The summed E-state index contributed by atoms with van der Waals surface area (Å²) in [5.41, 5.74) is 3.11. The van der Waals surface area contributed by atoms with E-state index < -0.39 is 23.8 Å². The van der Waals surface area contributed by atoms with Crippen LogP contribution in [0.1, 0.15) is 75.3 Å². The van der Waals surface area contributed by atoms with Gasteiger partial charge in [-0.3, -0.25) is 9.59 Å². The molecule has 1 aliphatic rings. The third-order valence-corrected chi connectivity index (χ3v) is 6.38. The quantitative estimate of drug-likeness (QED) is 0.544. The molecule has 0 aliphatic heterocycles. The highest BCUT2D eigenvalue weighted by atomic mass is 16.6. The first-order valence-corrected chi connectivity index (χ1v) is 12.7. The first kappa shape index (κ1) is 27.2. The van der Waals surface area contributed by atoms with Crippen molar-refractivity contribution in [2.75, 3.05) is 0 Å². The molecule has 3 amide bonds. The largest absolute Gasteiger partial charge is 0.444 e. The average Bonchev–Trinajstić information content (AvgIpc) is 2.76. The minimum Gasteiger partial charge on any atom is -0.444 e. The molecule has 3 rings (SSSR count). The molecule has 0 radical (unpaired) electrons. The molecular formula is C29H39N3O4. The second kappa shape index (κ2) is 11.6. The molecule has 0 saturated heterocycles. The minimum atomic E-state index is -0.851. The zero-order valence-electron chi connectivity index (χ0n) is 22.3. The van der Waals surface area contributed by atoms with E-state index in [-0.39, 0.29) is 17.9 Å². The van der Waals surface area contributed by atoms with Gasteiger partial charge < -0.3 is 20.3 Å². The molecule has 36 heavy (non-hydrogen) atoms. The smallest absolute Gasteiger partial charge is 0.408 e. The van der Waals surface area contributed by atoms with Gasteiger partial charge in [0.05, 0.1) is 0 Å².